The molecule has 1 saturated carbocycles. The van der Waals surface area contributed by atoms with Crippen molar-refractivity contribution >= 4 is 7.82 Å². The van der Waals surface area contributed by atoms with Gasteiger partial charge < -0.3 is 23.5 Å². The van der Waals surface area contributed by atoms with E-state index in [1.54, 1.807) is 0 Å². The fourth-order valence-electron chi connectivity index (χ4n) is 2.88. The Bertz CT molecular complexity index is 362. The maximum atomic E-state index is 11.8. The van der Waals surface area contributed by atoms with E-state index in [1.165, 1.54) is 0 Å². The summed E-state index contributed by atoms with van der Waals surface area (Å²) in [7, 11) is -3.96. The largest absolute Gasteiger partial charge is 2.00 e. The third-order valence-corrected chi connectivity index (χ3v) is 5.63. The Morgan fingerprint density at radius 1 is 1.23 bits per heavy atom. The summed E-state index contributed by atoms with van der Waals surface area (Å²) in [5.41, 5.74) is 0. The number of phosphoric ester groups is 1. The van der Waals surface area contributed by atoms with Crippen LogP contribution >= 0.6 is 7.82 Å². The summed E-state index contributed by atoms with van der Waals surface area (Å²) in [6, 6.07) is 0. The minimum Gasteiger partial charge on any atom is -0.372 e. The van der Waals surface area contributed by atoms with Gasteiger partial charge in [-0.15, -0.1) is 5.92 Å². The molecule has 1 N–H and O–H groups in total. The van der Waals surface area contributed by atoms with Gasteiger partial charge in [-0.3, -0.25) is 9.05 Å². The summed E-state index contributed by atoms with van der Waals surface area (Å²) in [4.78, 5) is 9.69. The summed E-state index contributed by atoms with van der Waals surface area (Å²) in [5.74, 6) is 1.02. The zero-order chi connectivity index (χ0) is 14.8. The van der Waals surface area contributed by atoms with Crippen LogP contribution in [0.25, 0.3) is 0 Å². The van der Waals surface area contributed by atoms with E-state index < -0.39 is 7.82 Å². The molecule has 2 rings (SSSR count). The van der Waals surface area contributed by atoms with Crippen molar-refractivity contribution < 1.29 is 40.3 Å². The van der Waals surface area contributed by atoms with E-state index in [-0.39, 0.29) is 55.8 Å². The molecule has 1 aliphatic heterocycles. The Morgan fingerprint density at radius 2 is 1.86 bits per heavy atom. The van der Waals surface area contributed by atoms with Crippen LogP contribution in [0.15, 0.2) is 0 Å². The second kappa shape index (κ2) is 9.78. The molecule has 2 aliphatic rings. The van der Waals surface area contributed by atoms with Crippen molar-refractivity contribution in [3.8, 4) is 0 Å². The molecule has 7 heteroatoms. The zero-order valence-corrected chi connectivity index (χ0v) is 15.9. The molecule has 1 aliphatic carbocycles. The van der Waals surface area contributed by atoms with Gasteiger partial charge in [0.1, 0.15) is 0 Å². The van der Waals surface area contributed by atoms with E-state index in [2.05, 4.69) is 20.3 Å². The van der Waals surface area contributed by atoms with Gasteiger partial charge in [0.05, 0.1) is 18.8 Å². The van der Waals surface area contributed by atoms with Crippen LogP contribution in [0.1, 0.15) is 40.0 Å². The molecule has 132 valence electrons. The van der Waals surface area contributed by atoms with Crippen LogP contribution in [-0.4, -0.2) is 30.3 Å². The predicted molar refractivity (Wildman–Crippen MR) is 82.4 cm³/mol. The van der Waals surface area contributed by atoms with Gasteiger partial charge in [-0.2, -0.15) is 6.42 Å². The number of rotatable bonds is 6. The standard InChI is InChI=1S/C14H26O5P.CH3.Fe/c1-10-11(2)14(19-12(10)3)9-18-20(15,16)17-8-13-6-4-5-7-13;;/h6,10-14H,4-5,7-9H2,1-3H3,(H,15,16);1H3;/q2*-1;+2/t10?,11?,12-,13?,14+;;/m0../s1. The topological polar surface area (TPSA) is 65.0 Å². The van der Waals surface area contributed by atoms with Crippen LogP contribution < -0.4 is 0 Å². The third-order valence-electron chi connectivity index (χ3n) is 4.68. The summed E-state index contributed by atoms with van der Waals surface area (Å²) in [6.45, 7) is 6.60. The average molecular weight is 376 g/mol. The van der Waals surface area contributed by atoms with Crippen LogP contribution in [0.5, 0.6) is 0 Å². The molecule has 0 aromatic rings. The fourth-order valence-corrected chi connectivity index (χ4v) is 3.67. The monoisotopic (exact) mass is 376 g/mol. The van der Waals surface area contributed by atoms with E-state index >= 15 is 0 Å². The average Bonchev–Trinajstić information content (AvgIpc) is 2.99. The van der Waals surface area contributed by atoms with Crippen molar-refractivity contribution in [1.82, 2.24) is 0 Å². The zero-order valence-electron chi connectivity index (χ0n) is 13.9. The molecule has 0 amide bonds. The maximum absolute atomic E-state index is 11.8. The molecule has 2 fully saturated rings. The maximum Gasteiger partial charge on any atom is 2.00 e. The van der Waals surface area contributed by atoms with Gasteiger partial charge in [-0.05, 0) is 18.8 Å². The van der Waals surface area contributed by atoms with Crippen molar-refractivity contribution in [3.63, 3.8) is 0 Å². The first-order valence-corrected chi connectivity index (χ1v) is 8.99. The molecule has 6 atom stereocenters. The molecule has 0 aromatic heterocycles. The Morgan fingerprint density at radius 3 is 2.36 bits per heavy atom. The Balaban J connectivity index is 0.00000220. The number of ether oxygens (including phenoxy) is 1. The van der Waals surface area contributed by atoms with Gasteiger partial charge in [0.25, 0.3) is 0 Å². The third kappa shape index (κ3) is 6.24. The SMILES string of the molecule is CC1C(C)[C@@H](COP(=O)(O)OCC2[CH-]CCC2)O[C@H]1C.[CH3-].[Fe+2]. The first-order valence-electron chi connectivity index (χ1n) is 7.49. The molecule has 1 heterocycles. The number of phosphoric acid groups is 1. The van der Waals surface area contributed by atoms with Crippen molar-refractivity contribution in [2.75, 3.05) is 13.2 Å². The second-order valence-corrected chi connectivity index (χ2v) is 7.54. The molecule has 22 heavy (non-hydrogen) atoms. The van der Waals surface area contributed by atoms with E-state index in [9.17, 15) is 9.46 Å². The Labute approximate surface area is 145 Å². The second-order valence-electron chi connectivity index (χ2n) is 6.08. The Hall–Kier alpha value is 0.589. The Kier molecular flexibility index (Phi) is 10.0. The minimum absolute atomic E-state index is 0. The normalized spacial score (nSPS) is 37.2. The molecular weight excluding hydrogens is 347 g/mol. The summed E-state index contributed by atoms with van der Waals surface area (Å²) >= 11 is 0. The molecule has 0 aromatic carbocycles. The van der Waals surface area contributed by atoms with E-state index in [4.69, 9.17) is 13.8 Å². The molecular formula is C15H29FeO5P. The molecule has 1 saturated heterocycles. The van der Waals surface area contributed by atoms with Gasteiger partial charge in [0.2, 0.25) is 0 Å². The smallest absolute Gasteiger partial charge is 0.372 e. The van der Waals surface area contributed by atoms with Crippen molar-refractivity contribution in [1.29, 1.82) is 0 Å². The number of hydrogen-bond acceptors (Lipinski definition) is 4. The van der Waals surface area contributed by atoms with Gasteiger partial charge in [-0.25, -0.2) is 4.57 Å². The minimum atomic E-state index is -3.96. The summed E-state index contributed by atoms with van der Waals surface area (Å²) < 4.78 is 27.7. The van der Waals surface area contributed by atoms with Crippen LogP contribution in [0.3, 0.4) is 0 Å². The van der Waals surface area contributed by atoms with Crippen molar-refractivity contribution in [2.45, 2.75) is 52.2 Å². The molecule has 4 unspecified atom stereocenters. The molecule has 5 nitrogen and oxygen atoms in total. The van der Waals surface area contributed by atoms with E-state index in [0.29, 0.717) is 11.8 Å². The first-order chi connectivity index (χ1) is 9.39. The molecule has 0 spiro atoms. The number of hydrogen-bond donors (Lipinski definition) is 1. The first kappa shape index (κ1) is 22.6. The van der Waals surface area contributed by atoms with Crippen LogP contribution in [0, 0.1) is 31.6 Å². The van der Waals surface area contributed by atoms with Gasteiger partial charge >= 0.3 is 24.9 Å². The predicted octanol–water partition coefficient (Wildman–Crippen LogP) is 3.63. The van der Waals surface area contributed by atoms with E-state index in [1.807, 2.05) is 6.92 Å². The van der Waals surface area contributed by atoms with Crippen molar-refractivity contribution in [2.24, 2.45) is 17.8 Å². The van der Waals surface area contributed by atoms with Crippen LogP contribution in [-0.2, 0) is 35.4 Å². The van der Waals surface area contributed by atoms with Crippen LogP contribution in [0.4, 0.5) is 0 Å². The van der Waals surface area contributed by atoms with E-state index in [0.717, 1.165) is 19.3 Å². The van der Waals surface area contributed by atoms with Gasteiger partial charge in [0, 0.05) is 6.61 Å². The molecule has 0 bridgehead atoms. The van der Waals surface area contributed by atoms with Crippen molar-refractivity contribution in [3.05, 3.63) is 13.8 Å². The van der Waals surface area contributed by atoms with Crippen LogP contribution in [0.2, 0.25) is 0 Å². The summed E-state index contributed by atoms with van der Waals surface area (Å²) in [6.07, 6.45) is 5.39. The fraction of sp³-hybridized carbons (Fsp3) is 0.867. The quantitative estimate of drug-likeness (QED) is 0.436. The van der Waals surface area contributed by atoms with Gasteiger partial charge in [0.15, 0.2) is 0 Å². The summed E-state index contributed by atoms with van der Waals surface area (Å²) in [5, 5.41) is 0. The van der Waals surface area contributed by atoms with Gasteiger partial charge in [-0.1, -0.05) is 26.7 Å². The molecule has 0 radical (unpaired) electrons.